The van der Waals surface area contributed by atoms with Gasteiger partial charge in [0.25, 0.3) is 0 Å². The van der Waals surface area contributed by atoms with E-state index in [1.807, 2.05) is 12.1 Å². The molecule has 1 aromatic rings. The first kappa shape index (κ1) is 36.8. The smallest absolute Gasteiger partial charge is 0.415 e. The van der Waals surface area contributed by atoms with Crippen LogP contribution < -0.4 is 21.1 Å². The van der Waals surface area contributed by atoms with Crippen LogP contribution >= 0.6 is 0 Å². The van der Waals surface area contributed by atoms with Gasteiger partial charge in [0, 0.05) is 26.7 Å². The largest absolute Gasteiger partial charge is 0.460 e. The van der Waals surface area contributed by atoms with E-state index in [1.165, 1.54) is 4.90 Å². The van der Waals surface area contributed by atoms with Gasteiger partial charge in [-0.2, -0.15) is 0 Å². The van der Waals surface area contributed by atoms with Crippen LogP contribution in [0, 0.1) is 5.92 Å². The van der Waals surface area contributed by atoms with Crippen molar-refractivity contribution in [1.29, 1.82) is 0 Å². The predicted molar refractivity (Wildman–Crippen MR) is 164 cm³/mol. The molecule has 0 aliphatic rings. The Morgan fingerprint density at radius 2 is 1.76 bits per heavy atom. The monoisotopic (exact) mass is 591 g/mol. The van der Waals surface area contributed by atoms with Gasteiger partial charge in [0.2, 0.25) is 11.8 Å². The number of likely N-dealkylation sites (N-methyl/N-ethyl adjacent to an activating group) is 1. The standard InChI is InChI=1S/C31H53N5O6/c1-9-25(22(2)21-35(6)7)23-13-12-14-24(19-23)41-30(40)36(8)18-17-33-29(39)26(15-10-11-16-32)34-27(37)20-28(38)42-31(3,4)5/h12-14,19,22,25-26H,9-11,15-18,20-21,32H2,1-8H3,(H,33,39)(H,34,37)/t22-,25+,26-/m0/s1. The maximum absolute atomic E-state index is 12.9. The summed E-state index contributed by atoms with van der Waals surface area (Å²) in [5.74, 6) is -0.431. The molecule has 0 bridgehead atoms. The number of esters is 1. The summed E-state index contributed by atoms with van der Waals surface area (Å²) >= 11 is 0. The predicted octanol–water partition coefficient (Wildman–Crippen LogP) is 3.27. The first-order chi connectivity index (χ1) is 19.7. The van der Waals surface area contributed by atoms with Gasteiger partial charge in [-0.05, 0) is 96.6 Å². The average molecular weight is 592 g/mol. The molecule has 3 atom stereocenters. The lowest BCUT2D eigenvalue weighted by atomic mass is 9.85. The summed E-state index contributed by atoms with van der Waals surface area (Å²) in [6.07, 6.45) is 1.63. The number of amides is 3. The number of nitrogens with one attached hydrogen (secondary N) is 2. The summed E-state index contributed by atoms with van der Waals surface area (Å²) < 4.78 is 10.8. The number of hydrogen-bond donors (Lipinski definition) is 3. The van der Waals surface area contributed by atoms with Gasteiger partial charge in [0.15, 0.2) is 0 Å². The molecule has 1 rings (SSSR count). The molecule has 4 N–H and O–H groups in total. The molecular weight excluding hydrogens is 538 g/mol. The molecule has 0 unspecified atom stereocenters. The summed E-state index contributed by atoms with van der Waals surface area (Å²) in [4.78, 5) is 53.6. The number of nitrogens with two attached hydrogens (primary N) is 1. The molecule has 1 aromatic carbocycles. The van der Waals surface area contributed by atoms with E-state index >= 15 is 0 Å². The maximum Gasteiger partial charge on any atom is 0.415 e. The third-order valence-electron chi connectivity index (χ3n) is 6.65. The summed E-state index contributed by atoms with van der Waals surface area (Å²) in [6, 6.07) is 6.79. The first-order valence-electron chi connectivity index (χ1n) is 14.8. The third-order valence-corrected chi connectivity index (χ3v) is 6.65. The molecule has 11 heteroatoms. The van der Waals surface area contributed by atoms with Crippen LogP contribution in [0.4, 0.5) is 4.79 Å². The molecule has 0 saturated carbocycles. The lowest BCUT2D eigenvalue weighted by molar-refractivity contribution is -0.156. The Hall–Kier alpha value is -3.18. The maximum atomic E-state index is 12.9. The Bertz CT molecular complexity index is 1010. The quantitative estimate of drug-likeness (QED) is 0.142. The summed E-state index contributed by atoms with van der Waals surface area (Å²) in [5.41, 5.74) is 5.99. The average Bonchev–Trinajstić information content (AvgIpc) is 2.87. The van der Waals surface area contributed by atoms with Gasteiger partial charge in [-0.15, -0.1) is 0 Å². The van der Waals surface area contributed by atoms with Crippen molar-refractivity contribution < 1.29 is 28.7 Å². The van der Waals surface area contributed by atoms with E-state index in [2.05, 4.69) is 49.5 Å². The highest BCUT2D eigenvalue weighted by Crippen LogP contribution is 2.30. The molecule has 0 aliphatic heterocycles. The number of ether oxygens (including phenoxy) is 2. The van der Waals surface area contributed by atoms with E-state index in [-0.39, 0.29) is 13.1 Å². The minimum atomic E-state index is -0.840. The zero-order valence-corrected chi connectivity index (χ0v) is 26.8. The van der Waals surface area contributed by atoms with Gasteiger partial charge in [0.05, 0.1) is 0 Å². The van der Waals surface area contributed by atoms with Gasteiger partial charge in [0.1, 0.15) is 23.8 Å². The summed E-state index contributed by atoms with van der Waals surface area (Å²) in [7, 11) is 5.71. The van der Waals surface area contributed by atoms with Crippen molar-refractivity contribution in [1.82, 2.24) is 20.4 Å². The number of benzene rings is 1. The molecule has 0 aliphatic carbocycles. The van der Waals surface area contributed by atoms with Crippen LogP contribution in [0.15, 0.2) is 24.3 Å². The molecule has 11 nitrogen and oxygen atoms in total. The molecule has 0 fully saturated rings. The van der Waals surface area contributed by atoms with Crippen LogP contribution in [0.2, 0.25) is 0 Å². The second-order valence-corrected chi connectivity index (χ2v) is 12.1. The fourth-order valence-corrected chi connectivity index (χ4v) is 4.73. The Labute approximate surface area is 251 Å². The number of nitrogens with zero attached hydrogens (tertiary/aromatic N) is 2. The van der Waals surface area contributed by atoms with Crippen molar-refractivity contribution in [2.75, 3.05) is 47.3 Å². The van der Waals surface area contributed by atoms with Crippen molar-refractivity contribution in [2.24, 2.45) is 11.7 Å². The highest BCUT2D eigenvalue weighted by molar-refractivity contribution is 5.96. The minimum Gasteiger partial charge on any atom is -0.460 e. The number of carbonyl (C=O) groups is 4. The molecule has 3 amide bonds. The van der Waals surface area contributed by atoms with Crippen LogP contribution in [0.3, 0.4) is 0 Å². The van der Waals surface area contributed by atoms with Crippen LogP contribution in [-0.4, -0.2) is 92.6 Å². The van der Waals surface area contributed by atoms with Crippen LogP contribution in [-0.2, 0) is 19.1 Å². The Kier molecular flexibility index (Phi) is 16.1. The molecule has 0 saturated heterocycles. The first-order valence-corrected chi connectivity index (χ1v) is 14.8. The van der Waals surface area contributed by atoms with E-state index in [1.54, 1.807) is 33.9 Å². The summed E-state index contributed by atoms with van der Waals surface area (Å²) in [6.45, 7) is 11.3. The Morgan fingerprint density at radius 1 is 1.07 bits per heavy atom. The van der Waals surface area contributed by atoms with Crippen molar-refractivity contribution >= 4 is 23.9 Å². The summed E-state index contributed by atoms with van der Waals surface area (Å²) in [5, 5.41) is 5.38. The van der Waals surface area contributed by atoms with Crippen LogP contribution in [0.1, 0.15) is 78.2 Å². The fraction of sp³-hybridized carbons (Fsp3) is 0.677. The SMILES string of the molecule is CC[C@@H](c1cccc(OC(=O)N(C)CCNC(=O)[C@H](CCCCN)NC(=O)CC(=O)OC(C)(C)C)c1)[C@@H](C)CN(C)C. The minimum absolute atomic E-state index is 0.153. The molecule has 42 heavy (non-hydrogen) atoms. The molecule has 0 heterocycles. The molecule has 0 aromatic heterocycles. The van der Waals surface area contributed by atoms with Gasteiger partial charge >= 0.3 is 12.1 Å². The van der Waals surface area contributed by atoms with E-state index < -0.39 is 41.9 Å². The van der Waals surface area contributed by atoms with Crippen molar-refractivity contribution in [2.45, 2.75) is 84.3 Å². The zero-order valence-electron chi connectivity index (χ0n) is 26.8. The van der Waals surface area contributed by atoms with Crippen molar-refractivity contribution in [3.05, 3.63) is 29.8 Å². The third kappa shape index (κ3) is 14.6. The van der Waals surface area contributed by atoms with Crippen LogP contribution in [0.25, 0.3) is 0 Å². The van der Waals surface area contributed by atoms with Gasteiger partial charge < -0.3 is 35.6 Å². The number of carbonyl (C=O) groups excluding carboxylic acids is 4. The normalized spacial score (nSPS) is 13.6. The molecule has 0 radical (unpaired) electrons. The highest BCUT2D eigenvalue weighted by Gasteiger charge is 2.24. The van der Waals surface area contributed by atoms with Gasteiger partial charge in [-0.1, -0.05) is 26.0 Å². The lowest BCUT2D eigenvalue weighted by Gasteiger charge is -2.26. The Balaban J connectivity index is 2.69. The second kappa shape index (κ2) is 18.4. The van der Waals surface area contributed by atoms with E-state index in [0.717, 1.165) is 18.5 Å². The highest BCUT2D eigenvalue weighted by atomic mass is 16.6. The lowest BCUT2D eigenvalue weighted by Crippen LogP contribution is -2.49. The molecule has 238 valence electrons. The number of rotatable bonds is 17. The number of hydrogen-bond acceptors (Lipinski definition) is 8. The van der Waals surface area contributed by atoms with Crippen molar-refractivity contribution in [3.8, 4) is 5.75 Å². The topological polar surface area (TPSA) is 143 Å². The number of unbranched alkanes of at least 4 members (excludes halogenated alkanes) is 1. The van der Waals surface area contributed by atoms with Gasteiger partial charge in [-0.25, -0.2) is 4.79 Å². The molecular formula is C31H53N5O6. The van der Waals surface area contributed by atoms with E-state index in [0.29, 0.717) is 43.4 Å². The van der Waals surface area contributed by atoms with E-state index in [4.69, 9.17) is 15.2 Å². The van der Waals surface area contributed by atoms with E-state index in [9.17, 15) is 19.2 Å². The Morgan fingerprint density at radius 3 is 2.36 bits per heavy atom. The zero-order chi connectivity index (χ0) is 31.9. The van der Waals surface area contributed by atoms with Gasteiger partial charge in [-0.3, -0.25) is 14.4 Å². The fourth-order valence-electron chi connectivity index (χ4n) is 4.73. The second-order valence-electron chi connectivity index (χ2n) is 12.1. The molecule has 0 spiro atoms. The van der Waals surface area contributed by atoms with Crippen molar-refractivity contribution in [3.63, 3.8) is 0 Å². The van der Waals surface area contributed by atoms with Crippen LogP contribution in [0.5, 0.6) is 5.75 Å².